The number of ether oxygens (including phenoxy) is 1. The van der Waals surface area contributed by atoms with Crippen LogP contribution in [0.5, 0.6) is 5.75 Å². The van der Waals surface area contributed by atoms with Gasteiger partial charge >= 0.3 is 0 Å². The molecule has 0 radical (unpaired) electrons. The molecule has 0 aromatic carbocycles. The quantitative estimate of drug-likeness (QED) is 0.794. The van der Waals surface area contributed by atoms with Gasteiger partial charge < -0.3 is 10.1 Å². The van der Waals surface area contributed by atoms with E-state index in [2.05, 4.69) is 15.3 Å². The zero-order valence-electron chi connectivity index (χ0n) is 10.5. The highest BCUT2D eigenvalue weighted by Gasteiger charge is 2.17. The maximum absolute atomic E-state index is 5.50. The zero-order chi connectivity index (χ0) is 11.9. The molecule has 1 N–H and O–H groups in total. The van der Waals surface area contributed by atoms with Crippen molar-refractivity contribution >= 4 is 0 Å². The Kier molecular flexibility index (Phi) is 4.74. The van der Waals surface area contributed by atoms with Crippen LogP contribution in [0.3, 0.4) is 0 Å². The average Bonchev–Trinajstić information content (AvgIpc) is 2.41. The van der Waals surface area contributed by atoms with Crippen LogP contribution in [0.4, 0.5) is 0 Å². The average molecular weight is 235 g/mol. The van der Waals surface area contributed by atoms with Crippen LogP contribution in [0.1, 0.15) is 43.8 Å². The molecule has 17 heavy (non-hydrogen) atoms. The van der Waals surface area contributed by atoms with Gasteiger partial charge in [-0.1, -0.05) is 19.3 Å². The summed E-state index contributed by atoms with van der Waals surface area (Å²) in [5, 5.41) is 3.04. The van der Waals surface area contributed by atoms with Crippen molar-refractivity contribution in [3.63, 3.8) is 0 Å². The lowest BCUT2D eigenvalue weighted by Crippen LogP contribution is -2.16. The molecule has 0 saturated heterocycles. The van der Waals surface area contributed by atoms with Crippen LogP contribution in [-0.4, -0.2) is 30.2 Å². The second-order valence-corrected chi connectivity index (χ2v) is 4.56. The number of hydrogen-bond acceptors (Lipinski definition) is 4. The summed E-state index contributed by atoms with van der Waals surface area (Å²) in [6, 6.07) is 0. The third kappa shape index (κ3) is 3.66. The van der Waals surface area contributed by atoms with Crippen LogP contribution < -0.4 is 10.1 Å². The molecule has 1 heterocycles. The first-order chi connectivity index (χ1) is 8.40. The SMILES string of the molecule is CNCCOc1cnc(C2CCCCC2)nc1. The Bertz CT molecular complexity index is 320. The van der Waals surface area contributed by atoms with E-state index in [1.165, 1.54) is 32.1 Å². The normalized spacial score (nSPS) is 17.0. The van der Waals surface area contributed by atoms with Crippen LogP contribution in [0.2, 0.25) is 0 Å². The number of likely N-dealkylation sites (N-methyl/N-ethyl adjacent to an activating group) is 1. The van der Waals surface area contributed by atoms with E-state index in [4.69, 9.17) is 4.74 Å². The van der Waals surface area contributed by atoms with Gasteiger partial charge in [0.2, 0.25) is 0 Å². The monoisotopic (exact) mass is 235 g/mol. The minimum atomic E-state index is 0.565. The van der Waals surface area contributed by atoms with E-state index in [-0.39, 0.29) is 0 Å². The second kappa shape index (κ2) is 6.55. The van der Waals surface area contributed by atoms with Crippen molar-refractivity contribution in [2.75, 3.05) is 20.2 Å². The zero-order valence-corrected chi connectivity index (χ0v) is 10.5. The third-order valence-electron chi connectivity index (χ3n) is 3.24. The van der Waals surface area contributed by atoms with Gasteiger partial charge in [0.25, 0.3) is 0 Å². The molecule has 1 saturated carbocycles. The van der Waals surface area contributed by atoms with E-state index in [9.17, 15) is 0 Å². The molecular formula is C13H21N3O. The Morgan fingerprint density at radius 1 is 1.24 bits per heavy atom. The smallest absolute Gasteiger partial charge is 0.155 e. The summed E-state index contributed by atoms with van der Waals surface area (Å²) in [5.74, 6) is 2.32. The molecule has 1 aromatic rings. The number of aromatic nitrogens is 2. The summed E-state index contributed by atoms with van der Waals surface area (Å²) < 4.78 is 5.50. The first-order valence-electron chi connectivity index (χ1n) is 6.49. The molecule has 0 bridgehead atoms. The minimum absolute atomic E-state index is 0.565. The maximum Gasteiger partial charge on any atom is 0.155 e. The minimum Gasteiger partial charge on any atom is -0.489 e. The van der Waals surface area contributed by atoms with Gasteiger partial charge in [-0.05, 0) is 19.9 Å². The summed E-state index contributed by atoms with van der Waals surface area (Å²) in [7, 11) is 1.91. The molecular weight excluding hydrogens is 214 g/mol. The largest absolute Gasteiger partial charge is 0.489 e. The highest BCUT2D eigenvalue weighted by atomic mass is 16.5. The van der Waals surface area contributed by atoms with E-state index in [1.54, 1.807) is 12.4 Å². The third-order valence-corrected chi connectivity index (χ3v) is 3.24. The lowest BCUT2D eigenvalue weighted by atomic mass is 9.89. The van der Waals surface area contributed by atoms with Crippen LogP contribution >= 0.6 is 0 Å². The molecule has 0 unspecified atom stereocenters. The Balaban J connectivity index is 1.88. The Hall–Kier alpha value is -1.16. The van der Waals surface area contributed by atoms with Gasteiger partial charge in [0.05, 0.1) is 12.4 Å². The molecule has 0 aliphatic heterocycles. The standard InChI is InChI=1S/C13H21N3O/c1-14-7-8-17-12-9-15-13(16-10-12)11-5-3-2-4-6-11/h9-11,14H,2-8H2,1H3. The van der Waals surface area contributed by atoms with Gasteiger partial charge in [0.15, 0.2) is 5.75 Å². The first kappa shape index (κ1) is 12.3. The van der Waals surface area contributed by atoms with Crippen molar-refractivity contribution in [1.82, 2.24) is 15.3 Å². The lowest BCUT2D eigenvalue weighted by Gasteiger charge is -2.19. The van der Waals surface area contributed by atoms with E-state index in [0.717, 1.165) is 18.1 Å². The summed E-state index contributed by atoms with van der Waals surface area (Å²) in [5.41, 5.74) is 0. The molecule has 0 amide bonds. The second-order valence-electron chi connectivity index (χ2n) is 4.56. The summed E-state index contributed by atoms with van der Waals surface area (Å²) >= 11 is 0. The van der Waals surface area contributed by atoms with Crippen molar-refractivity contribution in [2.24, 2.45) is 0 Å². The Morgan fingerprint density at radius 2 is 1.94 bits per heavy atom. The van der Waals surface area contributed by atoms with E-state index >= 15 is 0 Å². The number of nitrogens with one attached hydrogen (secondary N) is 1. The molecule has 2 rings (SSSR count). The first-order valence-corrected chi connectivity index (χ1v) is 6.49. The fourth-order valence-corrected chi connectivity index (χ4v) is 2.24. The van der Waals surface area contributed by atoms with Gasteiger partial charge in [0, 0.05) is 12.5 Å². The molecule has 94 valence electrons. The predicted molar refractivity (Wildman–Crippen MR) is 67.3 cm³/mol. The number of rotatable bonds is 5. The number of hydrogen-bond donors (Lipinski definition) is 1. The van der Waals surface area contributed by atoms with Crippen LogP contribution in [0, 0.1) is 0 Å². The van der Waals surface area contributed by atoms with Gasteiger partial charge in [-0.2, -0.15) is 0 Å². The maximum atomic E-state index is 5.50. The Labute approximate surface area is 103 Å². The predicted octanol–water partition coefficient (Wildman–Crippen LogP) is 2.12. The summed E-state index contributed by atoms with van der Waals surface area (Å²) in [6.07, 6.45) is 10.1. The van der Waals surface area contributed by atoms with Gasteiger partial charge in [-0.3, -0.25) is 0 Å². The van der Waals surface area contributed by atoms with Crippen LogP contribution in [-0.2, 0) is 0 Å². The Morgan fingerprint density at radius 3 is 2.59 bits per heavy atom. The lowest BCUT2D eigenvalue weighted by molar-refractivity contribution is 0.314. The molecule has 4 nitrogen and oxygen atoms in total. The topological polar surface area (TPSA) is 47.0 Å². The fourth-order valence-electron chi connectivity index (χ4n) is 2.24. The van der Waals surface area contributed by atoms with Crippen molar-refractivity contribution in [2.45, 2.75) is 38.0 Å². The van der Waals surface area contributed by atoms with Crippen molar-refractivity contribution < 1.29 is 4.74 Å². The highest BCUT2D eigenvalue weighted by Crippen LogP contribution is 2.30. The molecule has 4 heteroatoms. The molecule has 1 aliphatic rings. The van der Waals surface area contributed by atoms with Gasteiger partial charge in [0.1, 0.15) is 12.4 Å². The molecule has 1 aliphatic carbocycles. The molecule has 1 aromatic heterocycles. The van der Waals surface area contributed by atoms with Crippen molar-refractivity contribution in [3.8, 4) is 5.75 Å². The van der Waals surface area contributed by atoms with Crippen LogP contribution in [0.15, 0.2) is 12.4 Å². The fraction of sp³-hybridized carbons (Fsp3) is 0.692. The van der Waals surface area contributed by atoms with Crippen LogP contribution in [0.25, 0.3) is 0 Å². The van der Waals surface area contributed by atoms with Gasteiger partial charge in [-0.25, -0.2) is 9.97 Å². The molecule has 0 atom stereocenters. The van der Waals surface area contributed by atoms with E-state index < -0.39 is 0 Å². The van der Waals surface area contributed by atoms with Crippen molar-refractivity contribution in [1.29, 1.82) is 0 Å². The molecule has 1 fully saturated rings. The summed E-state index contributed by atoms with van der Waals surface area (Å²) in [4.78, 5) is 8.85. The molecule has 0 spiro atoms. The van der Waals surface area contributed by atoms with E-state index in [0.29, 0.717) is 12.5 Å². The number of nitrogens with zero attached hydrogens (tertiary/aromatic N) is 2. The highest BCUT2D eigenvalue weighted by molar-refractivity contribution is 5.13. The van der Waals surface area contributed by atoms with Crippen molar-refractivity contribution in [3.05, 3.63) is 18.2 Å². The van der Waals surface area contributed by atoms with E-state index in [1.807, 2.05) is 7.05 Å². The van der Waals surface area contributed by atoms with Gasteiger partial charge in [-0.15, -0.1) is 0 Å². The summed E-state index contributed by atoms with van der Waals surface area (Å²) in [6.45, 7) is 1.49.